The van der Waals surface area contributed by atoms with Crippen molar-refractivity contribution < 1.29 is 53.9 Å². The smallest absolute Gasteiger partial charge is 0.543 e. The molecule has 1 fully saturated rings. The van der Waals surface area contributed by atoms with E-state index in [2.05, 4.69) is 31.0 Å². The predicted octanol–water partition coefficient (Wildman–Crippen LogP) is -4.85. The molecule has 2 amide bonds. The molecule has 0 aliphatic carbocycles. The number of hydrogen-bond donors (Lipinski definition) is 3. The zero-order valence-corrected chi connectivity index (χ0v) is 24.3. The van der Waals surface area contributed by atoms with Crippen LogP contribution in [0.4, 0.5) is 5.13 Å². The predicted molar refractivity (Wildman–Crippen MR) is 130 cm³/mol. The summed E-state index contributed by atoms with van der Waals surface area (Å²) in [5.74, 6) is 3.28. The summed E-state index contributed by atoms with van der Waals surface area (Å²) >= 11 is 3.56. The molecular formula is C18H21N10NaO5S3. The number of nitrogens with two attached hydrogens (primary N) is 2. The molecule has 2 atom stereocenters. The Balaban J connectivity index is 0.00000380. The fourth-order valence-electron chi connectivity index (χ4n) is 3.34. The second-order valence-electron chi connectivity index (χ2n) is 7.49. The van der Waals surface area contributed by atoms with Crippen molar-refractivity contribution in [3.05, 3.63) is 22.3 Å². The summed E-state index contributed by atoms with van der Waals surface area (Å²) in [6.07, 6.45) is 1.62. The van der Waals surface area contributed by atoms with Gasteiger partial charge in [-0.1, -0.05) is 35.4 Å². The zero-order valence-electron chi connectivity index (χ0n) is 19.8. The minimum absolute atomic E-state index is 0. The van der Waals surface area contributed by atoms with Gasteiger partial charge in [-0.2, -0.15) is 0 Å². The number of thiazole rings is 1. The molecule has 0 spiro atoms. The molecule has 2 aliphatic heterocycles. The van der Waals surface area contributed by atoms with Crippen molar-refractivity contribution in [1.82, 2.24) is 35.5 Å². The van der Waals surface area contributed by atoms with Crippen LogP contribution in [0, 0.1) is 0 Å². The average Bonchev–Trinajstić information content (AvgIpc) is 3.47. The number of carboxylic acid groups (broad SMARTS) is 1. The second-order valence-corrected chi connectivity index (χ2v) is 10.4. The van der Waals surface area contributed by atoms with Crippen LogP contribution in [0.15, 0.2) is 27.0 Å². The van der Waals surface area contributed by atoms with Crippen molar-refractivity contribution in [3.63, 3.8) is 0 Å². The van der Waals surface area contributed by atoms with Crippen LogP contribution < -0.4 is 51.6 Å². The number of β-lactam (4-membered cyclic amide) rings is 1. The van der Waals surface area contributed by atoms with E-state index in [1.54, 1.807) is 5.38 Å². The van der Waals surface area contributed by atoms with Gasteiger partial charge in [0.15, 0.2) is 10.8 Å². The number of aliphatic carboxylic acids is 1. The van der Waals surface area contributed by atoms with Gasteiger partial charge >= 0.3 is 29.6 Å². The molecule has 15 nitrogen and oxygen atoms in total. The molecule has 4 heterocycles. The number of carboxylic acids is 1. The van der Waals surface area contributed by atoms with Gasteiger partial charge in [-0.05, 0) is 22.4 Å². The van der Waals surface area contributed by atoms with Gasteiger partial charge in [0.05, 0.1) is 11.7 Å². The normalized spacial score (nSPS) is 19.1. The molecule has 192 valence electrons. The minimum Gasteiger partial charge on any atom is -0.543 e. The summed E-state index contributed by atoms with van der Waals surface area (Å²) in [6.45, 7) is 2.29. The van der Waals surface area contributed by atoms with Crippen LogP contribution in [0.5, 0.6) is 0 Å². The number of aromatic nitrogens is 5. The summed E-state index contributed by atoms with van der Waals surface area (Å²) in [5, 5.41) is 30.6. The van der Waals surface area contributed by atoms with E-state index in [0.717, 1.165) is 45.6 Å². The number of oxime groups is 1. The standard InChI is InChI=1S/C18H22N10O5S3.Na/c1-2-3-4-33-24-10(9-7-35-17(19)21-9)13(29)22-11-14(30)27-12(16(31)32)8(5-34-15(11)27)6-36-18-23-25-26-28(18)20;/h7,11,15H,2-6,20H2,1H3,(H2,19,21)(H,22,29)(H,31,32);/q;+1/p-1/b24-10-;/t11-,15+;/m1./s1. The van der Waals surface area contributed by atoms with Gasteiger partial charge in [-0.3, -0.25) is 14.5 Å². The number of anilines is 1. The number of carbonyl (C=O) groups excluding carboxylic acids is 3. The first-order valence-corrected chi connectivity index (χ1v) is 13.5. The summed E-state index contributed by atoms with van der Waals surface area (Å²) < 4.78 is 0. The number of fused-ring (bicyclic) bond motifs is 1. The molecular weight excluding hydrogens is 555 g/mol. The van der Waals surface area contributed by atoms with Gasteiger partial charge in [-0.25, -0.2) is 4.98 Å². The fraction of sp³-hybridized carbons (Fsp3) is 0.444. The molecule has 2 aliphatic rings. The summed E-state index contributed by atoms with van der Waals surface area (Å²) in [5.41, 5.74) is 5.99. The van der Waals surface area contributed by atoms with Crippen molar-refractivity contribution in [2.24, 2.45) is 5.16 Å². The number of hydrogen-bond acceptors (Lipinski definition) is 15. The number of nitrogen functional groups attached to an aromatic ring is 2. The Morgan fingerprint density at radius 3 is 2.84 bits per heavy atom. The second kappa shape index (κ2) is 12.9. The van der Waals surface area contributed by atoms with Crippen LogP contribution in [0.3, 0.4) is 0 Å². The molecule has 4 rings (SSSR count). The third-order valence-corrected chi connectivity index (χ3v) is 8.12. The van der Waals surface area contributed by atoms with Crippen LogP contribution >= 0.6 is 34.9 Å². The molecule has 19 heteroatoms. The van der Waals surface area contributed by atoms with Crippen LogP contribution in [0.1, 0.15) is 25.5 Å². The summed E-state index contributed by atoms with van der Waals surface area (Å²) in [6, 6.07) is -0.973. The third kappa shape index (κ3) is 6.37. The summed E-state index contributed by atoms with van der Waals surface area (Å²) in [7, 11) is 0. The molecule has 37 heavy (non-hydrogen) atoms. The molecule has 0 saturated carbocycles. The van der Waals surface area contributed by atoms with Crippen molar-refractivity contribution in [3.8, 4) is 0 Å². The van der Waals surface area contributed by atoms with Gasteiger partial charge in [-0.15, -0.1) is 27.9 Å². The zero-order chi connectivity index (χ0) is 25.8. The van der Waals surface area contributed by atoms with E-state index >= 15 is 0 Å². The molecule has 2 aromatic rings. The van der Waals surface area contributed by atoms with Gasteiger partial charge in [0.2, 0.25) is 5.16 Å². The molecule has 0 aromatic carbocycles. The monoisotopic (exact) mass is 576 g/mol. The molecule has 5 N–H and O–H groups in total. The van der Waals surface area contributed by atoms with Gasteiger partial charge in [0.1, 0.15) is 23.7 Å². The van der Waals surface area contributed by atoms with Crippen molar-refractivity contribution >= 4 is 63.5 Å². The third-order valence-electron chi connectivity index (χ3n) is 5.09. The van der Waals surface area contributed by atoms with Crippen LogP contribution in [-0.4, -0.2) is 83.2 Å². The van der Waals surface area contributed by atoms with E-state index in [1.807, 2.05) is 6.92 Å². The Morgan fingerprint density at radius 2 is 2.22 bits per heavy atom. The van der Waals surface area contributed by atoms with Crippen molar-refractivity contribution in [2.75, 3.05) is 29.7 Å². The van der Waals surface area contributed by atoms with Crippen LogP contribution in [0.25, 0.3) is 0 Å². The van der Waals surface area contributed by atoms with Crippen LogP contribution in [0.2, 0.25) is 0 Å². The Labute approximate surface area is 245 Å². The fourth-order valence-corrected chi connectivity index (χ4v) is 6.17. The van der Waals surface area contributed by atoms with E-state index in [0.29, 0.717) is 12.2 Å². The maximum absolute atomic E-state index is 13.0. The number of carbonyl (C=O) groups is 3. The van der Waals surface area contributed by atoms with E-state index in [9.17, 15) is 19.5 Å². The summed E-state index contributed by atoms with van der Waals surface area (Å²) in [4.78, 5) is 49.3. The Morgan fingerprint density at radius 1 is 1.43 bits per heavy atom. The maximum Gasteiger partial charge on any atom is 1.00 e. The van der Waals surface area contributed by atoms with Gasteiger partial charge in [0.25, 0.3) is 11.8 Å². The van der Waals surface area contributed by atoms with Crippen LogP contribution in [-0.2, 0) is 19.2 Å². The number of nitrogens with zero attached hydrogens (tertiary/aromatic N) is 7. The number of unbranched alkanes of at least 4 members (excludes halogenated alkanes) is 1. The molecule has 2 aromatic heterocycles. The molecule has 0 radical (unpaired) electrons. The Hall–Kier alpha value is -2.38. The first-order valence-electron chi connectivity index (χ1n) is 10.6. The van der Waals surface area contributed by atoms with E-state index in [1.165, 1.54) is 11.8 Å². The topological polar surface area (TPSA) is 220 Å². The Bertz CT molecular complexity index is 1230. The first kappa shape index (κ1) is 29.2. The van der Waals surface area contributed by atoms with Crippen molar-refractivity contribution in [2.45, 2.75) is 36.3 Å². The molecule has 1 saturated heterocycles. The number of rotatable bonds is 11. The number of thioether (sulfide) groups is 2. The largest absolute Gasteiger partial charge is 1.00 e. The molecule has 0 bridgehead atoms. The maximum atomic E-state index is 13.0. The minimum atomic E-state index is -1.49. The Kier molecular flexibility index (Phi) is 10.2. The number of tetrazole rings is 1. The SMILES string of the molecule is CCCCO/N=C(\C(=O)N[C@@H]1C(=O)N2C(C(=O)[O-])=C(CSc3nnnn3N)CS[C@@H]12)c1csc(N)n1.[Na+]. The quantitative estimate of drug-likeness (QED) is 0.0435. The molecule has 0 unspecified atom stereocenters. The van der Waals surface area contributed by atoms with E-state index < -0.39 is 29.2 Å². The van der Waals surface area contributed by atoms with Gasteiger partial charge < -0.3 is 31.6 Å². The van der Waals surface area contributed by atoms with E-state index in [-0.39, 0.29) is 68.5 Å². The first-order chi connectivity index (χ1) is 17.3. The number of amides is 2. The van der Waals surface area contributed by atoms with Crippen molar-refractivity contribution in [1.29, 1.82) is 0 Å². The number of nitrogens with one attached hydrogen (secondary N) is 1. The van der Waals surface area contributed by atoms with E-state index in [4.69, 9.17) is 16.4 Å². The average molecular weight is 577 g/mol. The van der Waals surface area contributed by atoms with Gasteiger partial charge in [0, 0.05) is 16.9 Å².